The molecule has 1 aromatic carbocycles. The van der Waals surface area contributed by atoms with E-state index in [0.717, 1.165) is 28.1 Å². The summed E-state index contributed by atoms with van der Waals surface area (Å²) in [4.78, 5) is 0. The van der Waals surface area contributed by atoms with E-state index >= 15 is 0 Å². The van der Waals surface area contributed by atoms with Crippen LogP contribution in [0.4, 0.5) is 0 Å². The summed E-state index contributed by atoms with van der Waals surface area (Å²) in [5.74, 6) is 1.88. The van der Waals surface area contributed by atoms with Crippen molar-refractivity contribution in [2.24, 2.45) is 0 Å². The van der Waals surface area contributed by atoms with E-state index in [4.69, 9.17) is 4.42 Å². The van der Waals surface area contributed by atoms with Crippen LogP contribution < -0.4 is 5.32 Å². The molecule has 1 N–H and O–H groups in total. The van der Waals surface area contributed by atoms with Crippen molar-refractivity contribution in [3.8, 4) is 11.3 Å². The number of nitrogens with one attached hydrogen (secondary N) is 1. The molecule has 1 heterocycles. The average Bonchev–Trinajstić information content (AvgIpc) is 2.67. The highest BCUT2D eigenvalue weighted by Crippen LogP contribution is 2.27. The maximum Gasteiger partial charge on any atom is 0.134 e. The van der Waals surface area contributed by atoms with Crippen molar-refractivity contribution in [1.29, 1.82) is 0 Å². The molecule has 92 valence electrons. The summed E-state index contributed by atoms with van der Waals surface area (Å²) in [6.45, 7) is 2.84. The van der Waals surface area contributed by atoms with Crippen molar-refractivity contribution in [3.63, 3.8) is 0 Å². The highest BCUT2D eigenvalue weighted by Gasteiger charge is 2.07. The molecule has 2 nitrogen and oxygen atoms in total. The minimum Gasteiger partial charge on any atom is -0.460 e. The van der Waals surface area contributed by atoms with Crippen molar-refractivity contribution in [2.75, 3.05) is 7.05 Å². The Kier molecular flexibility index (Phi) is 5.25. The quantitative estimate of drug-likeness (QED) is 0.920. The van der Waals surface area contributed by atoms with Crippen molar-refractivity contribution in [1.82, 2.24) is 5.32 Å². The van der Waals surface area contributed by atoms with Gasteiger partial charge in [-0.15, -0.1) is 12.4 Å². The van der Waals surface area contributed by atoms with Crippen LogP contribution in [0.2, 0.25) is 0 Å². The van der Waals surface area contributed by atoms with Gasteiger partial charge in [0.05, 0.1) is 6.54 Å². The van der Waals surface area contributed by atoms with Gasteiger partial charge < -0.3 is 9.73 Å². The summed E-state index contributed by atoms with van der Waals surface area (Å²) in [5, 5.41) is 3.07. The second-order valence-corrected chi connectivity index (χ2v) is 4.67. The number of benzene rings is 1. The fourth-order valence-electron chi connectivity index (χ4n) is 1.70. The van der Waals surface area contributed by atoms with Crippen LogP contribution >= 0.6 is 28.3 Å². The Labute approximate surface area is 116 Å². The zero-order chi connectivity index (χ0) is 11.5. The molecule has 0 unspecified atom stereocenters. The molecule has 0 bridgehead atoms. The number of aryl methyl sites for hydroxylation is 1. The monoisotopic (exact) mass is 315 g/mol. The smallest absolute Gasteiger partial charge is 0.134 e. The molecule has 2 rings (SSSR count). The maximum absolute atomic E-state index is 5.75. The van der Waals surface area contributed by atoms with Gasteiger partial charge in [0.25, 0.3) is 0 Å². The first-order valence-corrected chi connectivity index (χ1v) is 6.00. The third-order valence-electron chi connectivity index (χ3n) is 2.47. The first-order valence-electron chi connectivity index (χ1n) is 5.20. The SMILES string of the molecule is CNCc1ccc(-c2ccc(Br)cc2C)o1.Cl. The summed E-state index contributed by atoms with van der Waals surface area (Å²) >= 11 is 3.46. The van der Waals surface area contributed by atoms with Gasteiger partial charge in [-0.25, -0.2) is 0 Å². The summed E-state index contributed by atoms with van der Waals surface area (Å²) in [6, 6.07) is 10.2. The highest BCUT2D eigenvalue weighted by molar-refractivity contribution is 9.10. The maximum atomic E-state index is 5.75. The Balaban J connectivity index is 0.00000144. The van der Waals surface area contributed by atoms with Crippen molar-refractivity contribution >= 4 is 28.3 Å². The third-order valence-corrected chi connectivity index (χ3v) is 2.96. The van der Waals surface area contributed by atoms with Crippen LogP contribution in [0, 0.1) is 6.92 Å². The number of hydrogen-bond donors (Lipinski definition) is 1. The lowest BCUT2D eigenvalue weighted by atomic mass is 10.1. The lowest BCUT2D eigenvalue weighted by Crippen LogP contribution is -2.03. The average molecular weight is 317 g/mol. The molecule has 0 saturated carbocycles. The lowest BCUT2D eigenvalue weighted by molar-refractivity contribution is 0.507. The van der Waals surface area contributed by atoms with E-state index < -0.39 is 0 Å². The Bertz CT molecular complexity index is 496. The molecular weight excluding hydrogens is 302 g/mol. The first kappa shape index (κ1) is 14.3. The number of furan rings is 1. The van der Waals surface area contributed by atoms with Crippen molar-refractivity contribution in [3.05, 3.63) is 46.1 Å². The molecule has 0 aliphatic heterocycles. The van der Waals surface area contributed by atoms with Crippen molar-refractivity contribution in [2.45, 2.75) is 13.5 Å². The lowest BCUT2D eigenvalue weighted by Gasteiger charge is -2.03. The zero-order valence-corrected chi connectivity index (χ0v) is 12.2. The van der Waals surface area contributed by atoms with Crippen molar-refractivity contribution < 1.29 is 4.42 Å². The van der Waals surface area contributed by atoms with E-state index in [1.54, 1.807) is 0 Å². The standard InChI is InChI=1S/C13H14BrNO.ClH/c1-9-7-10(14)3-5-12(9)13-6-4-11(16-13)8-15-2;/h3-7,15H,8H2,1-2H3;1H. The van der Waals surface area contributed by atoms with Gasteiger partial charge >= 0.3 is 0 Å². The molecule has 0 spiro atoms. The molecule has 0 atom stereocenters. The van der Waals surface area contributed by atoms with Crippen LogP contribution in [0.5, 0.6) is 0 Å². The van der Waals surface area contributed by atoms with Gasteiger partial charge in [0, 0.05) is 10.0 Å². The predicted octanol–water partition coefficient (Wildman–Crippen LogP) is 4.16. The van der Waals surface area contributed by atoms with Gasteiger partial charge in [0.2, 0.25) is 0 Å². The van der Waals surface area contributed by atoms with Crippen LogP contribution in [0.15, 0.2) is 39.2 Å². The van der Waals surface area contributed by atoms with E-state index in [0.29, 0.717) is 0 Å². The van der Waals surface area contributed by atoms with Crippen LogP contribution in [-0.2, 0) is 6.54 Å². The zero-order valence-electron chi connectivity index (χ0n) is 9.79. The van der Waals surface area contributed by atoms with E-state index in [1.807, 2.05) is 25.2 Å². The normalized spacial score (nSPS) is 10.1. The first-order chi connectivity index (χ1) is 7.70. The Hall–Kier alpha value is -0.770. The molecular formula is C13H15BrClNO. The minimum absolute atomic E-state index is 0. The molecule has 0 radical (unpaired) electrons. The molecule has 0 fully saturated rings. The number of hydrogen-bond acceptors (Lipinski definition) is 2. The van der Waals surface area contributed by atoms with Gasteiger partial charge in [-0.3, -0.25) is 0 Å². The van der Waals surface area contributed by atoms with Gasteiger partial charge in [-0.05, 0) is 49.9 Å². The fraction of sp³-hybridized carbons (Fsp3) is 0.231. The highest BCUT2D eigenvalue weighted by atomic mass is 79.9. The van der Waals surface area contributed by atoms with Crippen LogP contribution in [-0.4, -0.2) is 7.05 Å². The van der Waals surface area contributed by atoms with Crippen LogP contribution in [0.25, 0.3) is 11.3 Å². The topological polar surface area (TPSA) is 25.2 Å². The Morgan fingerprint density at radius 1 is 1.24 bits per heavy atom. The van der Waals surface area contributed by atoms with Gasteiger partial charge in [-0.1, -0.05) is 15.9 Å². The molecule has 17 heavy (non-hydrogen) atoms. The van der Waals surface area contributed by atoms with Gasteiger partial charge in [0.15, 0.2) is 0 Å². The van der Waals surface area contributed by atoms with Crippen LogP contribution in [0.3, 0.4) is 0 Å². The van der Waals surface area contributed by atoms with E-state index in [9.17, 15) is 0 Å². The Morgan fingerprint density at radius 3 is 2.65 bits per heavy atom. The predicted molar refractivity (Wildman–Crippen MR) is 76.6 cm³/mol. The Morgan fingerprint density at radius 2 is 2.00 bits per heavy atom. The van der Waals surface area contributed by atoms with E-state index in [-0.39, 0.29) is 12.4 Å². The third kappa shape index (κ3) is 3.35. The molecule has 4 heteroatoms. The molecule has 0 saturated heterocycles. The van der Waals surface area contributed by atoms with E-state index in [2.05, 4.69) is 40.3 Å². The summed E-state index contributed by atoms with van der Waals surface area (Å²) < 4.78 is 6.85. The number of rotatable bonds is 3. The second-order valence-electron chi connectivity index (χ2n) is 3.76. The minimum atomic E-state index is 0. The number of halogens is 2. The van der Waals surface area contributed by atoms with Gasteiger partial charge in [0.1, 0.15) is 11.5 Å². The summed E-state index contributed by atoms with van der Waals surface area (Å²) in [7, 11) is 1.91. The van der Waals surface area contributed by atoms with Crippen LogP contribution in [0.1, 0.15) is 11.3 Å². The molecule has 0 amide bonds. The van der Waals surface area contributed by atoms with E-state index in [1.165, 1.54) is 5.56 Å². The molecule has 0 aliphatic carbocycles. The molecule has 2 aromatic rings. The molecule has 0 aliphatic rings. The fourth-order valence-corrected chi connectivity index (χ4v) is 2.17. The largest absolute Gasteiger partial charge is 0.460 e. The second kappa shape index (κ2) is 6.24. The van der Waals surface area contributed by atoms with Gasteiger partial charge in [-0.2, -0.15) is 0 Å². The summed E-state index contributed by atoms with van der Waals surface area (Å²) in [6.07, 6.45) is 0. The summed E-state index contributed by atoms with van der Waals surface area (Å²) in [5.41, 5.74) is 2.35. The molecule has 1 aromatic heterocycles.